The molecule has 3 saturated carbocycles. The molecule has 0 amide bonds. The van der Waals surface area contributed by atoms with Gasteiger partial charge in [0.05, 0.1) is 0 Å². The second-order valence-electron chi connectivity index (χ2n) is 9.83. The van der Waals surface area contributed by atoms with Gasteiger partial charge in [0.1, 0.15) is 0 Å². The van der Waals surface area contributed by atoms with E-state index in [4.69, 9.17) is 0 Å². The Morgan fingerprint density at radius 2 is 0.613 bits per heavy atom. The van der Waals surface area contributed by atoms with Gasteiger partial charge in [0.2, 0.25) is 0 Å². The minimum Gasteiger partial charge on any atom is -0.550 e. The Bertz CT molecular complexity index is 452. The Balaban J connectivity index is 0.000000429. The van der Waals surface area contributed by atoms with Crippen LogP contribution in [0.15, 0.2) is 0 Å². The topological polar surface area (TPSA) is 120 Å². The fourth-order valence-corrected chi connectivity index (χ4v) is 4.49. The third kappa shape index (κ3) is 12.5. The van der Waals surface area contributed by atoms with Gasteiger partial charge in [0, 0.05) is 17.9 Å². The first kappa shape index (κ1) is 29.9. The van der Waals surface area contributed by atoms with Crippen LogP contribution in [0, 0.1) is 35.5 Å². The van der Waals surface area contributed by atoms with Crippen LogP contribution in [0.1, 0.15) is 97.8 Å². The molecule has 0 radical (unpaired) electrons. The number of carbonyl (C=O) groups is 3. The van der Waals surface area contributed by atoms with Gasteiger partial charge >= 0.3 is 17.4 Å². The van der Waals surface area contributed by atoms with Crippen LogP contribution in [0.25, 0.3) is 0 Å². The van der Waals surface area contributed by atoms with Crippen molar-refractivity contribution in [3.05, 3.63) is 0 Å². The quantitative estimate of drug-likeness (QED) is 0.598. The molecule has 0 atom stereocenters. The summed E-state index contributed by atoms with van der Waals surface area (Å²) in [4.78, 5) is 31.0. The van der Waals surface area contributed by atoms with Crippen molar-refractivity contribution in [3.8, 4) is 0 Å². The molecule has 3 rings (SSSR count). The van der Waals surface area contributed by atoms with Crippen LogP contribution >= 0.6 is 0 Å². The van der Waals surface area contributed by atoms with Gasteiger partial charge in [-0.2, -0.15) is 0 Å². The van der Waals surface area contributed by atoms with E-state index in [-0.39, 0.29) is 35.1 Å². The Kier molecular flexibility index (Phi) is 15.2. The molecule has 0 saturated heterocycles. The van der Waals surface area contributed by atoms with Crippen LogP contribution in [-0.2, 0) is 14.4 Å². The molecule has 0 aromatic carbocycles. The average molecular weight is 451 g/mol. The molecule has 0 spiro atoms. The average Bonchev–Trinajstić information content (AvgIpc) is 2.70. The van der Waals surface area contributed by atoms with Gasteiger partial charge in [-0.25, -0.2) is 0 Å². The van der Waals surface area contributed by atoms with Crippen LogP contribution < -0.4 is 15.3 Å². The molecule has 6 nitrogen and oxygen atoms in total. The normalized spacial score (nSPS) is 32.6. The zero-order valence-corrected chi connectivity index (χ0v) is 20.6. The van der Waals surface area contributed by atoms with Crippen LogP contribution in [0.2, 0.25) is 0 Å². The second-order valence-corrected chi connectivity index (χ2v) is 9.83. The molecule has 3 fully saturated rings. The first-order valence-electron chi connectivity index (χ1n) is 11.7. The van der Waals surface area contributed by atoms with E-state index in [9.17, 15) is 29.7 Å². The summed E-state index contributed by atoms with van der Waals surface area (Å²) in [6, 6.07) is 0. The van der Waals surface area contributed by atoms with Crippen molar-refractivity contribution in [1.82, 2.24) is 0 Å². The molecule has 7 heteroatoms. The molecule has 0 aliphatic heterocycles. The van der Waals surface area contributed by atoms with Gasteiger partial charge in [-0.3, -0.25) is 0 Å². The zero-order valence-electron chi connectivity index (χ0n) is 19.5. The van der Waals surface area contributed by atoms with Crippen molar-refractivity contribution < 1.29 is 29.7 Å². The molecule has 3 aliphatic carbocycles. The van der Waals surface area contributed by atoms with E-state index in [1.54, 1.807) is 0 Å². The van der Waals surface area contributed by atoms with Crippen LogP contribution in [0.3, 0.4) is 0 Å². The standard InChI is InChI=1S/3C8H14O2.Al/c3*1-6-2-4-7(5-3-6)8(9)10;/h3*6-7H,2-5H2,1H3,(H,9,10);/q;;;+3/p-3. The fraction of sp³-hybridized carbons (Fsp3) is 0.875. The van der Waals surface area contributed by atoms with Gasteiger partial charge in [-0.1, -0.05) is 59.3 Å². The molecule has 0 aromatic rings. The summed E-state index contributed by atoms with van der Waals surface area (Å²) in [5.41, 5.74) is 0. The third-order valence-electron chi connectivity index (χ3n) is 7.05. The maximum Gasteiger partial charge on any atom is 3.00 e. The Morgan fingerprint density at radius 1 is 0.452 bits per heavy atom. The van der Waals surface area contributed by atoms with E-state index in [1.807, 2.05) is 0 Å². The van der Waals surface area contributed by atoms with Crippen LogP contribution in [-0.4, -0.2) is 35.3 Å². The van der Waals surface area contributed by atoms with E-state index < -0.39 is 17.9 Å². The van der Waals surface area contributed by atoms with Crippen molar-refractivity contribution in [3.63, 3.8) is 0 Å². The predicted octanol–water partition coefficient (Wildman–Crippen LogP) is 1.31. The maximum absolute atomic E-state index is 10.3. The molecule has 0 unspecified atom stereocenters. The van der Waals surface area contributed by atoms with Gasteiger partial charge < -0.3 is 29.7 Å². The smallest absolute Gasteiger partial charge is 0.550 e. The Hall–Kier alpha value is -1.06. The summed E-state index contributed by atoms with van der Waals surface area (Å²) in [5, 5.41) is 31.0. The maximum atomic E-state index is 10.3. The number of carboxylic acid groups (broad SMARTS) is 3. The number of hydrogen-bond donors (Lipinski definition) is 0. The summed E-state index contributed by atoms with van der Waals surface area (Å²) in [6.45, 7) is 6.52. The number of aliphatic carboxylic acids is 3. The van der Waals surface area contributed by atoms with Gasteiger partial charge in [-0.05, 0) is 74.0 Å². The Labute approximate surface area is 198 Å². The largest absolute Gasteiger partial charge is 3.00 e. The zero-order chi connectivity index (χ0) is 22.7. The van der Waals surface area contributed by atoms with Gasteiger partial charge in [0.25, 0.3) is 0 Å². The third-order valence-corrected chi connectivity index (χ3v) is 7.05. The SMILES string of the molecule is CC1CCC(C(=O)[O-])CC1.CC1CCC(C(=O)[O-])CC1.CC1CCC(C(=O)[O-])CC1.[Al+3]. The molecule has 3 aliphatic rings. The fourth-order valence-electron chi connectivity index (χ4n) is 4.49. The first-order valence-corrected chi connectivity index (χ1v) is 11.7. The molecule has 31 heavy (non-hydrogen) atoms. The van der Waals surface area contributed by atoms with Crippen molar-refractivity contribution in [2.24, 2.45) is 35.5 Å². The number of carboxylic acids is 3. The molecule has 0 bridgehead atoms. The monoisotopic (exact) mass is 450 g/mol. The number of hydrogen-bond acceptors (Lipinski definition) is 6. The predicted molar refractivity (Wildman–Crippen MR) is 114 cm³/mol. The van der Waals surface area contributed by atoms with Crippen molar-refractivity contribution >= 4 is 35.3 Å². The molecule has 0 aromatic heterocycles. The van der Waals surface area contributed by atoms with E-state index >= 15 is 0 Å². The summed E-state index contributed by atoms with van der Waals surface area (Å²) in [5.74, 6) is -0.879. The van der Waals surface area contributed by atoms with Crippen molar-refractivity contribution in [2.75, 3.05) is 0 Å². The molecule has 0 N–H and O–H groups in total. The van der Waals surface area contributed by atoms with E-state index in [0.717, 1.165) is 94.8 Å². The number of rotatable bonds is 3. The number of carbonyl (C=O) groups excluding carboxylic acids is 3. The molecular weight excluding hydrogens is 411 g/mol. The van der Waals surface area contributed by atoms with Gasteiger partial charge in [0.15, 0.2) is 0 Å². The van der Waals surface area contributed by atoms with E-state index in [1.165, 1.54) is 0 Å². The molecular formula is C24H39AlO6. The first-order chi connectivity index (χ1) is 14.1. The minimum absolute atomic E-state index is 0. The van der Waals surface area contributed by atoms with Crippen molar-refractivity contribution in [1.29, 1.82) is 0 Å². The summed E-state index contributed by atoms with van der Waals surface area (Å²) in [6.07, 6.45) is 11.3. The van der Waals surface area contributed by atoms with Crippen LogP contribution in [0.4, 0.5) is 0 Å². The van der Waals surface area contributed by atoms with E-state index in [0.29, 0.717) is 0 Å². The van der Waals surface area contributed by atoms with E-state index in [2.05, 4.69) is 20.8 Å². The summed E-state index contributed by atoms with van der Waals surface area (Å²) >= 11 is 0. The Morgan fingerprint density at radius 3 is 0.742 bits per heavy atom. The minimum atomic E-state index is -0.855. The van der Waals surface area contributed by atoms with Crippen molar-refractivity contribution in [2.45, 2.75) is 97.8 Å². The summed E-state index contributed by atoms with van der Waals surface area (Å²) < 4.78 is 0. The molecule has 0 heterocycles. The van der Waals surface area contributed by atoms with Crippen LogP contribution in [0.5, 0.6) is 0 Å². The van der Waals surface area contributed by atoms with Gasteiger partial charge in [-0.15, -0.1) is 0 Å². The molecule has 174 valence electrons. The summed E-state index contributed by atoms with van der Waals surface area (Å²) in [7, 11) is 0. The second kappa shape index (κ2) is 15.7.